The van der Waals surface area contributed by atoms with E-state index in [0.717, 1.165) is 10.8 Å². The number of hydrogen-bond acceptors (Lipinski definition) is 9. The highest BCUT2D eigenvalue weighted by Crippen LogP contribution is 2.43. The van der Waals surface area contributed by atoms with Gasteiger partial charge < -0.3 is 25.4 Å². The molecule has 0 bridgehead atoms. The molecule has 4 aromatic rings. The Hall–Kier alpha value is -4.71. The van der Waals surface area contributed by atoms with Gasteiger partial charge >= 0.3 is 5.97 Å². The number of aromatic nitrogens is 1. The number of methoxy groups -OCH3 is 1. The van der Waals surface area contributed by atoms with Gasteiger partial charge in [-0.1, -0.05) is 24.3 Å². The van der Waals surface area contributed by atoms with Crippen molar-refractivity contribution in [2.24, 2.45) is 5.92 Å². The van der Waals surface area contributed by atoms with E-state index in [4.69, 9.17) is 15.2 Å². The second-order valence-corrected chi connectivity index (χ2v) is 13.8. The van der Waals surface area contributed by atoms with Gasteiger partial charge in [-0.05, 0) is 86.2 Å². The molecule has 10 nitrogen and oxygen atoms in total. The number of nitrogens with one attached hydrogen (secondary N) is 1. The molecule has 3 atom stereocenters. The van der Waals surface area contributed by atoms with Gasteiger partial charge in [-0.2, -0.15) is 0 Å². The molecule has 1 aliphatic heterocycles. The molecule has 1 fully saturated rings. The van der Waals surface area contributed by atoms with E-state index in [1.165, 1.54) is 36.3 Å². The lowest BCUT2D eigenvalue weighted by Gasteiger charge is -2.33. The molecule has 1 amide bonds. The summed E-state index contributed by atoms with van der Waals surface area (Å²) in [5.74, 6) is -2.07. The molecule has 1 aromatic heterocycles. The van der Waals surface area contributed by atoms with Gasteiger partial charge in [-0.25, -0.2) is 17.8 Å². The number of ether oxygens (including phenoxy) is 2. The maximum atomic E-state index is 14.8. The van der Waals surface area contributed by atoms with Crippen LogP contribution in [0.15, 0.2) is 77.8 Å². The fraction of sp³-hybridized carbons (Fsp3) is 0.324. The number of amides is 1. The first-order valence-electron chi connectivity index (χ1n) is 15.0. The summed E-state index contributed by atoms with van der Waals surface area (Å²) < 4.78 is 52.2. The second kappa shape index (κ2) is 13.3. The Morgan fingerprint density at radius 1 is 1.11 bits per heavy atom. The predicted octanol–water partition coefficient (Wildman–Crippen LogP) is 5.45. The number of nitrogens with two attached hydrogens (primary N) is 1. The molecule has 0 radical (unpaired) electrons. The van der Waals surface area contributed by atoms with Crippen LogP contribution in [0.25, 0.3) is 10.8 Å². The number of rotatable bonds is 10. The Bertz CT molecular complexity index is 1880. The van der Waals surface area contributed by atoms with Crippen LogP contribution in [-0.2, 0) is 24.2 Å². The molecule has 242 valence electrons. The molecule has 0 aliphatic carbocycles. The van der Waals surface area contributed by atoms with E-state index in [9.17, 15) is 22.4 Å². The predicted molar refractivity (Wildman–Crippen MR) is 173 cm³/mol. The Labute approximate surface area is 267 Å². The molecule has 0 saturated carbocycles. The van der Waals surface area contributed by atoms with Gasteiger partial charge in [0.15, 0.2) is 21.4 Å². The fourth-order valence-corrected chi connectivity index (χ4v) is 7.22. The zero-order valence-electron chi connectivity index (χ0n) is 26.1. The highest BCUT2D eigenvalue weighted by atomic mass is 32.2. The number of esters is 1. The minimum atomic E-state index is -3.79. The number of fused-ring (bicyclic) bond motifs is 1. The van der Waals surface area contributed by atoms with Crippen LogP contribution in [0.4, 0.5) is 15.9 Å². The minimum Gasteiger partial charge on any atom is -0.494 e. The number of carbonyl (C=O) groups is 2. The van der Waals surface area contributed by atoms with Crippen LogP contribution in [0.1, 0.15) is 50.4 Å². The Kier molecular flexibility index (Phi) is 9.47. The van der Waals surface area contributed by atoms with Crippen LogP contribution in [-0.4, -0.2) is 55.7 Å². The molecule has 1 saturated heterocycles. The number of sulfone groups is 1. The summed E-state index contributed by atoms with van der Waals surface area (Å²) in [6, 6.07) is 15.7. The first-order chi connectivity index (χ1) is 22.0. The molecule has 3 aromatic carbocycles. The summed E-state index contributed by atoms with van der Waals surface area (Å²) in [6.07, 6.45) is 1.84. The molecule has 12 heteroatoms. The molecule has 2 heterocycles. The van der Waals surface area contributed by atoms with Crippen molar-refractivity contribution in [1.29, 1.82) is 0 Å². The van der Waals surface area contributed by atoms with Gasteiger partial charge in [0.25, 0.3) is 0 Å². The maximum Gasteiger partial charge on any atom is 0.311 e. The Morgan fingerprint density at radius 3 is 2.59 bits per heavy atom. The smallest absolute Gasteiger partial charge is 0.311 e. The van der Waals surface area contributed by atoms with E-state index >= 15 is 0 Å². The van der Waals surface area contributed by atoms with Crippen molar-refractivity contribution in [3.63, 3.8) is 0 Å². The third-order valence-corrected chi connectivity index (χ3v) is 10.5. The number of nitrogens with zero attached hydrogens (tertiary/aromatic N) is 2. The molecule has 0 spiro atoms. The number of pyridine rings is 1. The summed E-state index contributed by atoms with van der Waals surface area (Å²) in [7, 11) is -2.46. The lowest BCUT2D eigenvalue weighted by molar-refractivity contribution is -0.149. The Balaban J connectivity index is 1.64. The summed E-state index contributed by atoms with van der Waals surface area (Å²) in [5.41, 5.74) is 7.35. The SMILES string of the molecule is CCOC(=O)[C@H]1CCN(C(=O)[C@@H](Nc2ccc3c(N)nccc3c2)c2ccc(F)c(OC)c2)[C@@H]1c1ccccc1S(=O)(=O)C(C)C. The fourth-order valence-electron chi connectivity index (χ4n) is 5.93. The molecular formula is C34H37FN4O6S. The van der Waals surface area contributed by atoms with Crippen LogP contribution in [0.3, 0.4) is 0 Å². The van der Waals surface area contributed by atoms with Gasteiger partial charge in [-0.15, -0.1) is 0 Å². The van der Waals surface area contributed by atoms with Crippen LogP contribution in [0.2, 0.25) is 0 Å². The normalized spacial score (nSPS) is 17.2. The van der Waals surface area contributed by atoms with Crippen molar-refractivity contribution < 1.29 is 31.9 Å². The zero-order valence-corrected chi connectivity index (χ0v) is 26.9. The number of anilines is 2. The number of hydrogen-bond donors (Lipinski definition) is 2. The monoisotopic (exact) mass is 648 g/mol. The lowest BCUT2D eigenvalue weighted by Crippen LogP contribution is -2.40. The van der Waals surface area contributed by atoms with E-state index in [1.54, 1.807) is 63.4 Å². The topological polar surface area (TPSA) is 141 Å². The second-order valence-electron chi connectivity index (χ2n) is 11.4. The van der Waals surface area contributed by atoms with E-state index < -0.39 is 50.8 Å². The van der Waals surface area contributed by atoms with E-state index in [2.05, 4.69) is 10.3 Å². The minimum absolute atomic E-state index is 0.0507. The lowest BCUT2D eigenvalue weighted by atomic mass is 9.93. The van der Waals surface area contributed by atoms with Crippen LogP contribution >= 0.6 is 0 Å². The zero-order chi connectivity index (χ0) is 33.2. The average Bonchev–Trinajstić information content (AvgIpc) is 3.49. The third-order valence-electron chi connectivity index (χ3n) is 8.30. The molecule has 5 rings (SSSR count). The number of halogens is 1. The van der Waals surface area contributed by atoms with Crippen molar-refractivity contribution in [2.75, 3.05) is 31.3 Å². The summed E-state index contributed by atoms with van der Waals surface area (Å²) in [6.45, 7) is 5.14. The van der Waals surface area contributed by atoms with Crippen molar-refractivity contribution >= 4 is 44.0 Å². The molecular weight excluding hydrogens is 611 g/mol. The molecule has 0 unspecified atom stereocenters. The number of carbonyl (C=O) groups excluding carboxylic acids is 2. The Morgan fingerprint density at radius 2 is 1.87 bits per heavy atom. The van der Waals surface area contributed by atoms with Crippen molar-refractivity contribution in [1.82, 2.24) is 9.88 Å². The molecule has 1 aliphatic rings. The van der Waals surface area contributed by atoms with E-state index in [1.807, 2.05) is 6.07 Å². The first-order valence-corrected chi connectivity index (χ1v) is 16.6. The first kappa shape index (κ1) is 32.7. The van der Waals surface area contributed by atoms with E-state index in [0.29, 0.717) is 22.6 Å². The van der Waals surface area contributed by atoms with Gasteiger partial charge in [0, 0.05) is 23.8 Å². The van der Waals surface area contributed by atoms with E-state index in [-0.39, 0.29) is 30.2 Å². The summed E-state index contributed by atoms with van der Waals surface area (Å²) >= 11 is 0. The van der Waals surface area contributed by atoms with Crippen molar-refractivity contribution in [2.45, 2.75) is 49.4 Å². The third kappa shape index (κ3) is 6.21. The number of benzene rings is 3. The average molecular weight is 649 g/mol. The highest BCUT2D eigenvalue weighted by Gasteiger charge is 2.46. The summed E-state index contributed by atoms with van der Waals surface area (Å²) in [4.78, 5) is 33.8. The van der Waals surface area contributed by atoms with Crippen LogP contribution in [0, 0.1) is 11.7 Å². The van der Waals surface area contributed by atoms with Gasteiger partial charge in [0.1, 0.15) is 11.9 Å². The quantitative estimate of drug-likeness (QED) is 0.215. The van der Waals surface area contributed by atoms with Crippen LogP contribution in [0.5, 0.6) is 5.75 Å². The van der Waals surface area contributed by atoms with Gasteiger partial charge in [0.05, 0.1) is 35.8 Å². The largest absolute Gasteiger partial charge is 0.494 e. The molecule has 46 heavy (non-hydrogen) atoms. The standard InChI is InChI=1S/C34H37FN4O6S/c1-5-45-34(41)26-15-17-39(31(26)25-8-6-7-9-29(25)46(42,43)20(2)3)33(40)30(22-10-13-27(35)28(19-22)44-4)38-23-11-12-24-21(18-23)14-16-37-32(24)36/h6-14,16,18-20,26,30-31,38H,5,15,17H2,1-4H3,(H2,36,37)/t26-,30-,31+/m0/s1. The van der Waals surface area contributed by atoms with Crippen LogP contribution < -0.4 is 15.8 Å². The number of nitrogen functional groups attached to an aromatic ring is 1. The maximum absolute atomic E-state index is 14.8. The molecule has 3 N–H and O–H groups in total. The summed E-state index contributed by atoms with van der Waals surface area (Å²) in [5, 5.41) is 4.08. The van der Waals surface area contributed by atoms with Crippen molar-refractivity contribution in [3.05, 3.63) is 89.9 Å². The number of likely N-dealkylation sites (tertiary alicyclic amines) is 1. The van der Waals surface area contributed by atoms with Crippen molar-refractivity contribution in [3.8, 4) is 5.75 Å². The highest BCUT2D eigenvalue weighted by molar-refractivity contribution is 7.92. The van der Waals surface area contributed by atoms with Gasteiger partial charge in [-0.3, -0.25) is 9.59 Å². The van der Waals surface area contributed by atoms with Gasteiger partial charge in [0.2, 0.25) is 5.91 Å².